The lowest BCUT2D eigenvalue weighted by molar-refractivity contribution is 0.0514. The van der Waals surface area contributed by atoms with Crippen LogP contribution in [0.3, 0.4) is 0 Å². The molecule has 0 radical (unpaired) electrons. The van der Waals surface area contributed by atoms with Gasteiger partial charge in [0.1, 0.15) is 5.60 Å². The zero-order valence-corrected chi connectivity index (χ0v) is 16.7. The molecule has 0 fully saturated rings. The van der Waals surface area contributed by atoms with Gasteiger partial charge in [-0.1, -0.05) is 27.7 Å². The molecular formula is C18H39N3O2. The lowest BCUT2D eigenvalue weighted by atomic mass is 9.94. The average molecular weight is 330 g/mol. The van der Waals surface area contributed by atoms with Crippen LogP contribution in [0.25, 0.3) is 0 Å². The Balaban J connectivity index is 4.43. The monoisotopic (exact) mass is 329 g/mol. The van der Waals surface area contributed by atoms with Crippen LogP contribution < -0.4 is 10.6 Å². The minimum absolute atomic E-state index is 0.336. The molecule has 5 nitrogen and oxygen atoms in total. The minimum atomic E-state index is -0.454. The van der Waals surface area contributed by atoms with Gasteiger partial charge in [-0.25, -0.2) is 4.79 Å². The predicted octanol–water partition coefficient (Wildman–Crippen LogP) is 2.96. The Morgan fingerprint density at radius 2 is 1.61 bits per heavy atom. The number of rotatable bonds is 9. The molecule has 138 valence electrons. The first-order valence-corrected chi connectivity index (χ1v) is 8.77. The summed E-state index contributed by atoms with van der Waals surface area (Å²) in [6.45, 7) is 17.0. The maximum Gasteiger partial charge on any atom is 0.407 e. The first kappa shape index (κ1) is 22.2. The van der Waals surface area contributed by atoms with Gasteiger partial charge in [-0.3, -0.25) is 0 Å². The van der Waals surface area contributed by atoms with Crippen molar-refractivity contribution in [3.63, 3.8) is 0 Å². The molecule has 0 aliphatic heterocycles. The molecule has 2 unspecified atom stereocenters. The molecule has 1 amide bonds. The first-order valence-electron chi connectivity index (χ1n) is 8.77. The van der Waals surface area contributed by atoms with Crippen molar-refractivity contribution in [2.24, 2.45) is 17.8 Å². The second kappa shape index (κ2) is 10.1. The van der Waals surface area contributed by atoms with Gasteiger partial charge in [-0.05, 0) is 52.6 Å². The number of carbonyl (C=O) groups is 1. The lowest BCUT2D eigenvalue weighted by Crippen LogP contribution is -2.46. The molecule has 0 bridgehead atoms. The zero-order valence-electron chi connectivity index (χ0n) is 16.7. The number of likely N-dealkylation sites (N-methyl/N-ethyl adjacent to an activating group) is 1. The van der Waals surface area contributed by atoms with Crippen LogP contribution in [0.4, 0.5) is 4.79 Å². The third-order valence-corrected chi connectivity index (χ3v) is 3.86. The molecule has 0 saturated heterocycles. The predicted molar refractivity (Wildman–Crippen MR) is 97.7 cm³/mol. The number of hydrogen-bond donors (Lipinski definition) is 2. The smallest absolute Gasteiger partial charge is 0.407 e. The number of nitrogens with zero attached hydrogens (tertiary/aromatic N) is 1. The molecule has 2 atom stereocenters. The largest absolute Gasteiger partial charge is 0.444 e. The van der Waals surface area contributed by atoms with Crippen molar-refractivity contribution in [2.45, 2.75) is 60.1 Å². The number of carbonyl (C=O) groups excluding carboxylic acids is 1. The molecule has 0 aliphatic carbocycles. The van der Waals surface area contributed by atoms with E-state index < -0.39 is 5.60 Å². The Kier molecular flexibility index (Phi) is 9.78. The molecule has 0 aromatic carbocycles. The molecule has 0 aromatic heterocycles. The number of hydrogen-bond acceptors (Lipinski definition) is 4. The van der Waals surface area contributed by atoms with Crippen LogP contribution in [0.2, 0.25) is 0 Å². The lowest BCUT2D eigenvalue weighted by Gasteiger charge is -2.30. The van der Waals surface area contributed by atoms with Crippen molar-refractivity contribution in [3.8, 4) is 0 Å². The van der Waals surface area contributed by atoms with Gasteiger partial charge >= 0.3 is 6.09 Å². The summed E-state index contributed by atoms with van der Waals surface area (Å²) in [5.41, 5.74) is -0.454. The summed E-state index contributed by atoms with van der Waals surface area (Å²) in [5.74, 6) is 1.44. The van der Waals surface area contributed by atoms with E-state index in [1.165, 1.54) is 0 Å². The van der Waals surface area contributed by atoms with Crippen LogP contribution in [0.5, 0.6) is 0 Å². The Bertz CT molecular complexity index is 336. The maximum absolute atomic E-state index is 11.8. The highest BCUT2D eigenvalue weighted by Crippen LogP contribution is 2.12. The number of ether oxygens (including phenoxy) is 1. The van der Waals surface area contributed by atoms with E-state index >= 15 is 0 Å². The van der Waals surface area contributed by atoms with Crippen molar-refractivity contribution >= 4 is 6.09 Å². The van der Waals surface area contributed by atoms with Crippen molar-refractivity contribution in [1.29, 1.82) is 0 Å². The number of alkyl carbamates (subject to hydrolysis) is 1. The highest BCUT2D eigenvalue weighted by Gasteiger charge is 2.21. The van der Waals surface area contributed by atoms with Crippen molar-refractivity contribution in [3.05, 3.63) is 0 Å². The SMILES string of the molecule is CC(C)C(CNC(=O)OC(C)(C)C)CNC(CN(C)C)C(C)C. The van der Waals surface area contributed by atoms with E-state index in [1.54, 1.807) is 0 Å². The highest BCUT2D eigenvalue weighted by molar-refractivity contribution is 5.67. The Morgan fingerprint density at radius 1 is 1.04 bits per heavy atom. The van der Waals surface area contributed by atoms with Crippen LogP contribution >= 0.6 is 0 Å². The summed E-state index contributed by atoms with van der Waals surface area (Å²) < 4.78 is 5.31. The second-order valence-corrected chi connectivity index (χ2v) is 8.41. The van der Waals surface area contributed by atoms with E-state index in [9.17, 15) is 4.79 Å². The number of amides is 1. The van der Waals surface area contributed by atoms with E-state index in [0.717, 1.165) is 13.1 Å². The molecular weight excluding hydrogens is 290 g/mol. The third kappa shape index (κ3) is 11.4. The van der Waals surface area contributed by atoms with Crippen LogP contribution in [-0.2, 0) is 4.74 Å². The zero-order chi connectivity index (χ0) is 18.2. The molecule has 0 rings (SSSR count). The summed E-state index contributed by atoms with van der Waals surface area (Å²) >= 11 is 0. The fraction of sp³-hybridized carbons (Fsp3) is 0.944. The van der Waals surface area contributed by atoms with Crippen LogP contribution in [0.1, 0.15) is 48.5 Å². The summed E-state index contributed by atoms with van der Waals surface area (Å²) in [7, 11) is 4.20. The summed E-state index contributed by atoms with van der Waals surface area (Å²) in [5, 5.41) is 6.57. The van der Waals surface area contributed by atoms with Gasteiger partial charge in [0.05, 0.1) is 0 Å². The molecule has 0 aromatic rings. The average Bonchev–Trinajstić information content (AvgIpc) is 2.33. The summed E-state index contributed by atoms with van der Waals surface area (Å²) in [6, 6.07) is 0.452. The Hall–Kier alpha value is -0.810. The fourth-order valence-corrected chi connectivity index (χ4v) is 2.28. The molecule has 0 spiro atoms. The number of nitrogens with one attached hydrogen (secondary N) is 2. The van der Waals surface area contributed by atoms with E-state index in [2.05, 4.69) is 57.3 Å². The van der Waals surface area contributed by atoms with E-state index in [1.807, 2.05) is 20.8 Å². The molecule has 0 saturated carbocycles. The maximum atomic E-state index is 11.8. The Morgan fingerprint density at radius 3 is 2.00 bits per heavy atom. The van der Waals surface area contributed by atoms with Gasteiger partial charge in [-0.15, -0.1) is 0 Å². The molecule has 5 heteroatoms. The van der Waals surface area contributed by atoms with Gasteiger partial charge in [0.2, 0.25) is 0 Å². The summed E-state index contributed by atoms with van der Waals surface area (Å²) in [6.07, 6.45) is -0.336. The van der Waals surface area contributed by atoms with Gasteiger partial charge in [0.25, 0.3) is 0 Å². The standard InChI is InChI=1S/C18H39N3O2/c1-13(2)15(11-20-17(22)23-18(5,6)7)10-19-16(14(3)4)12-21(8)9/h13-16,19H,10-12H2,1-9H3,(H,20,22). The van der Waals surface area contributed by atoms with Gasteiger partial charge < -0.3 is 20.3 Å². The van der Waals surface area contributed by atoms with Crippen LogP contribution in [0, 0.1) is 17.8 Å². The van der Waals surface area contributed by atoms with Gasteiger partial charge in [0.15, 0.2) is 0 Å². The third-order valence-electron chi connectivity index (χ3n) is 3.86. The molecule has 0 aliphatic rings. The quantitative estimate of drug-likeness (QED) is 0.683. The van der Waals surface area contributed by atoms with Crippen molar-refractivity contribution < 1.29 is 9.53 Å². The van der Waals surface area contributed by atoms with E-state index in [0.29, 0.717) is 30.3 Å². The van der Waals surface area contributed by atoms with Crippen LogP contribution in [-0.4, -0.2) is 56.4 Å². The van der Waals surface area contributed by atoms with E-state index in [4.69, 9.17) is 4.74 Å². The van der Waals surface area contributed by atoms with Gasteiger partial charge in [-0.2, -0.15) is 0 Å². The van der Waals surface area contributed by atoms with Crippen molar-refractivity contribution in [1.82, 2.24) is 15.5 Å². The summed E-state index contributed by atoms with van der Waals surface area (Å²) in [4.78, 5) is 14.0. The molecule has 23 heavy (non-hydrogen) atoms. The molecule has 2 N–H and O–H groups in total. The van der Waals surface area contributed by atoms with E-state index in [-0.39, 0.29) is 6.09 Å². The van der Waals surface area contributed by atoms with Gasteiger partial charge in [0, 0.05) is 25.7 Å². The Labute approximate surface area is 143 Å². The highest BCUT2D eigenvalue weighted by atomic mass is 16.6. The minimum Gasteiger partial charge on any atom is -0.444 e. The first-order chi connectivity index (χ1) is 10.4. The topological polar surface area (TPSA) is 53.6 Å². The molecule has 0 heterocycles. The second-order valence-electron chi connectivity index (χ2n) is 8.41. The van der Waals surface area contributed by atoms with Crippen molar-refractivity contribution in [2.75, 3.05) is 33.7 Å². The normalized spacial score (nSPS) is 15.1. The fourth-order valence-electron chi connectivity index (χ4n) is 2.28. The van der Waals surface area contributed by atoms with Crippen LogP contribution in [0.15, 0.2) is 0 Å².